The lowest BCUT2D eigenvalue weighted by Gasteiger charge is -2.22. The molecule has 3 N–H and O–H groups in total. The molecule has 2 amide bonds. The van der Waals surface area contributed by atoms with Crippen LogP contribution < -0.4 is 11.1 Å². The number of nitrogens with two attached hydrogens (primary N) is 1. The van der Waals surface area contributed by atoms with Gasteiger partial charge in [-0.1, -0.05) is 6.07 Å². The predicted octanol–water partition coefficient (Wildman–Crippen LogP) is 1.77. The van der Waals surface area contributed by atoms with E-state index >= 15 is 0 Å². The van der Waals surface area contributed by atoms with E-state index in [0.29, 0.717) is 28.7 Å². The second kappa shape index (κ2) is 6.26. The molecule has 0 spiro atoms. The van der Waals surface area contributed by atoms with Crippen molar-refractivity contribution in [2.24, 2.45) is 0 Å². The lowest BCUT2D eigenvalue weighted by atomic mass is 10.1. The van der Waals surface area contributed by atoms with Crippen LogP contribution in [0.25, 0.3) is 0 Å². The van der Waals surface area contributed by atoms with Gasteiger partial charge in [-0.25, -0.2) is 0 Å². The number of benzene rings is 1. The first-order valence-electron chi connectivity index (χ1n) is 6.61. The normalized spacial score (nSPS) is 16.3. The van der Waals surface area contributed by atoms with E-state index in [1.54, 1.807) is 23.1 Å². The first-order valence-corrected chi connectivity index (χ1v) is 7.41. The van der Waals surface area contributed by atoms with Crippen LogP contribution >= 0.6 is 15.9 Å². The molecule has 1 saturated heterocycles. The molecule has 0 aliphatic carbocycles. The number of halogens is 1. The quantitative estimate of drug-likeness (QED) is 0.821. The van der Waals surface area contributed by atoms with Gasteiger partial charge >= 0.3 is 0 Å². The molecule has 1 fully saturated rings. The summed E-state index contributed by atoms with van der Waals surface area (Å²) in [5.41, 5.74) is 6.79. The van der Waals surface area contributed by atoms with Crippen LogP contribution in [0.4, 0.5) is 5.69 Å². The lowest BCUT2D eigenvalue weighted by Crippen LogP contribution is -2.42. The molecule has 0 bridgehead atoms. The zero-order valence-corrected chi connectivity index (χ0v) is 12.9. The molecule has 1 unspecified atom stereocenters. The zero-order chi connectivity index (χ0) is 14.7. The molecule has 2 rings (SSSR count). The van der Waals surface area contributed by atoms with Crippen molar-refractivity contribution in [3.63, 3.8) is 0 Å². The molecule has 6 heteroatoms. The Labute approximate surface area is 126 Å². The second-order valence-corrected chi connectivity index (χ2v) is 5.82. The molecular weight excluding hydrogens is 322 g/mol. The lowest BCUT2D eigenvalue weighted by molar-refractivity contribution is -0.127. The fraction of sp³-hybridized carbons (Fsp3) is 0.429. The Morgan fingerprint density at radius 1 is 1.55 bits per heavy atom. The van der Waals surface area contributed by atoms with E-state index < -0.39 is 0 Å². The Morgan fingerprint density at radius 3 is 2.95 bits per heavy atom. The molecule has 1 aliphatic heterocycles. The number of hydrogen-bond acceptors (Lipinski definition) is 3. The van der Waals surface area contributed by atoms with Gasteiger partial charge in [-0.15, -0.1) is 0 Å². The fourth-order valence-corrected chi connectivity index (χ4v) is 2.74. The third-order valence-electron chi connectivity index (χ3n) is 3.32. The van der Waals surface area contributed by atoms with E-state index in [1.807, 2.05) is 6.92 Å². The van der Waals surface area contributed by atoms with Gasteiger partial charge < -0.3 is 16.0 Å². The standard InChI is InChI=1S/C14H18BrN3O2/c1-9(8-18-7-3-6-12(18)19)17-14(20)10-4-2-5-11(16)13(10)15/h2,4-5,9H,3,6-8,16H2,1H3,(H,17,20). The maximum absolute atomic E-state index is 12.2. The second-order valence-electron chi connectivity index (χ2n) is 5.03. The largest absolute Gasteiger partial charge is 0.398 e. The molecule has 0 radical (unpaired) electrons. The Balaban J connectivity index is 1.97. The van der Waals surface area contributed by atoms with Crippen LogP contribution in [0.5, 0.6) is 0 Å². The first kappa shape index (κ1) is 14.8. The fourth-order valence-electron chi connectivity index (χ4n) is 2.30. The summed E-state index contributed by atoms with van der Waals surface area (Å²) in [6.45, 7) is 3.22. The minimum Gasteiger partial charge on any atom is -0.398 e. The van der Waals surface area contributed by atoms with E-state index in [-0.39, 0.29) is 17.9 Å². The molecule has 1 heterocycles. The smallest absolute Gasteiger partial charge is 0.252 e. The number of hydrogen-bond donors (Lipinski definition) is 2. The van der Waals surface area contributed by atoms with Gasteiger partial charge in [0.1, 0.15) is 0 Å². The van der Waals surface area contributed by atoms with E-state index in [2.05, 4.69) is 21.2 Å². The van der Waals surface area contributed by atoms with Crippen molar-refractivity contribution in [3.05, 3.63) is 28.2 Å². The third-order valence-corrected chi connectivity index (χ3v) is 4.20. The molecule has 1 aromatic carbocycles. The number of carbonyl (C=O) groups excluding carboxylic acids is 2. The number of amides is 2. The van der Waals surface area contributed by atoms with Crippen molar-refractivity contribution in [1.29, 1.82) is 0 Å². The van der Waals surface area contributed by atoms with Crippen LogP contribution in [0.1, 0.15) is 30.1 Å². The van der Waals surface area contributed by atoms with E-state index in [4.69, 9.17) is 5.73 Å². The summed E-state index contributed by atoms with van der Waals surface area (Å²) >= 11 is 3.32. The van der Waals surface area contributed by atoms with Crippen LogP contribution in [0, 0.1) is 0 Å². The molecule has 108 valence electrons. The summed E-state index contributed by atoms with van der Waals surface area (Å²) < 4.78 is 0.599. The minimum atomic E-state index is -0.191. The highest BCUT2D eigenvalue weighted by Gasteiger charge is 2.23. The summed E-state index contributed by atoms with van der Waals surface area (Å²) in [5.74, 6) is -0.0282. The van der Waals surface area contributed by atoms with Crippen molar-refractivity contribution >= 4 is 33.4 Å². The highest BCUT2D eigenvalue weighted by molar-refractivity contribution is 9.10. The van der Waals surface area contributed by atoms with Crippen molar-refractivity contribution in [3.8, 4) is 0 Å². The van der Waals surface area contributed by atoms with E-state index in [9.17, 15) is 9.59 Å². The highest BCUT2D eigenvalue weighted by atomic mass is 79.9. The van der Waals surface area contributed by atoms with E-state index in [0.717, 1.165) is 13.0 Å². The Kier molecular flexibility index (Phi) is 4.65. The van der Waals surface area contributed by atoms with Gasteiger partial charge in [0.15, 0.2) is 0 Å². The molecule has 20 heavy (non-hydrogen) atoms. The number of rotatable bonds is 4. The number of likely N-dealkylation sites (tertiary alicyclic amines) is 1. The molecule has 5 nitrogen and oxygen atoms in total. The van der Waals surface area contributed by atoms with Gasteiger partial charge in [-0.3, -0.25) is 9.59 Å². The van der Waals surface area contributed by atoms with Crippen molar-refractivity contribution in [2.45, 2.75) is 25.8 Å². The molecule has 0 aromatic heterocycles. The van der Waals surface area contributed by atoms with Crippen LogP contribution in [-0.2, 0) is 4.79 Å². The average molecular weight is 340 g/mol. The number of nitrogens with zero attached hydrogens (tertiary/aromatic N) is 1. The van der Waals surface area contributed by atoms with Gasteiger partial charge in [-0.2, -0.15) is 0 Å². The number of carbonyl (C=O) groups is 2. The number of anilines is 1. The van der Waals surface area contributed by atoms with Gasteiger partial charge in [0.25, 0.3) is 5.91 Å². The maximum atomic E-state index is 12.2. The molecule has 1 atom stereocenters. The van der Waals surface area contributed by atoms with Gasteiger partial charge in [0.2, 0.25) is 5.91 Å². The molecule has 0 saturated carbocycles. The number of nitrogens with one attached hydrogen (secondary N) is 1. The molecule has 1 aromatic rings. The summed E-state index contributed by atoms with van der Waals surface area (Å²) in [6, 6.07) is 5.08. The van der Waals surface area contributed by atoms with Crippen LogP contribution in [0.3, 0.4) is 0 Å². The maximum Gasteiger partial charge on any atom is 0.252 e. The predicted molar refractivity (Wildman–Crippen MR) is 81.3 cm³/mol. The van der Waals surface area contributed by atoms with Crippen LogP contribution in [0.2, 0.25) is 0 Å². The topological polar surface area (TPSA) is 75.4 Å². The van der Waals surface area contributed by atoms with Crippen molar-refractivity contribution in [1.82, 2.24) is 10.2 Å². The first-order chi connectivity index (χ1) is 9.49. The van der Waals surface area contributed by atoms with E-state index in [1.165, 1.54) is 0 Å². The minimum absolute atomic E-state index is 0.0992. The monoisotopic (exact) mass is 339 g/mol. The van der Waals surface area contributed by atoms with Gasteiger partial charge in [-0.05, 0) is 41.4 Å². The van der Waals surface area contributed by atoms with Gasteiger partial charge in [0, 0.05) is 31.2 Å². The Bertz CT molecular complexity index is 533. The van der Waals surface area contributed by atoms with Crippen LogP contribution in [-0.4, -0.2) is 35.8 Å². The zero-order valence-electron chi connectivity index (χ0n) is 11.4. The summed E-state index contributed by atoms with van der Waals surface area (Å²) in [7, 11) is 0. The molecular formula is C14H18BrN3O2. The van der Waals surface area contributed by atoms with Gasteiger partial charge in [0.05, 0.1) is 10.0 Å². The van der Waals surface area contributed by atoms with Crippen molar-refractivity contribution in [2.75, 3.05) is 18.8 Å². The number of nitrogen functional groups attached to an aromatic ring is 1. The summed E-state index contributed by atoms with van der Waals surface area (Å²) in [6.07, 6.45) is 1.52. The van der Waals surface area contributed by atoms with Crippen LogP contribution in [0.15, 0.2) is 22.7 Å². The molecule has 1 aliphatic rings. The average Bonchev–Trinajstić information content (AvgIpc) is 2.78. The highest BCUT2D eigenvalue weighted by Crippen LogP contribution is 2.23. The van der Waals surface area contributed by atoms with Crippen molar-refractivity contribution < 1.29 is 9.59 Å². The third kappa shape index (κ3) is 3.30. The summed E-state index contributed by atoms with van der Waals surface area (Å²) in [4.78, 5) is 25.5. The summed E-state index contributed by atoms with van der Waals surface area (Å²) in [5, 5.41) is 2.89. The SMILES string of the molecule is CC(CN1CCCC1=O)NC(=O)c1cccc(N)c1Br. The Hall–Kier alpha value is -1.56. The Morgan fingerprint density at radius 2 is 2.30 bits per heavy atom.